The number of methoxy groups -OCH3 is 1. The average molecular weight is 211 g/mol. The third-order valence-corrected chi connectivity index (χ3v) is 4.74. The second-order valence-corrected chi connectivity index (χ2v) is 5.74. The maximum absolute atomic E-state index is 5.21. The van der Waals surface area contributed by atoms with E-state index in [-0.39, 0.29) is 0 Å². The van der Waals surface area contributed by atoms with E-state index in [4.69, 9.17) is 4.74 Å². The lowest BCUT2D eigenvalue weighted by Crippen LogP contribution is -2.37. The molecule has 2 aliphatic rings. The van der Waals surface area contributed by atoms with Crippen molar-refractivity contribution in [2.75, 3.05) is 27.3 Å². The van der Waals surface area contributed by atoms with Crippen LogP contribution in [0.1, 0.15) is 32.6 Å². The van der Waals surface area contributed by atoms with E-state index < -0.39 is 0 Å². The Bertz CT molecular complexity index is 207. The van der Waals surface area contributed by atoms with Crippen molar-refractivity contribution >= 4 is 0 Å². The number of hydrogen-bond donors (Lipinski definition) is 1. The minimum atomic E-state index is 0.584. The number of fused-ring (bicyclic) bond motifs is 1. The van der Waals surface area contributed by atoms with Gasteiger partial charge in [-0.3, -0.25) is 0 Å². The number of ether oxygens (including phenoxy) is 1. The molecular formula is C13H25NO. The molecule has 3 atom stereocenters. The normalized spacial score (nSPS) is 40.2. The Morgan fingerprint density at radius 2 is 2.07 bits per heavy atom. The van der Waals surface area contributed by atoms with Crippen LogP contribution in [0.25, 0.3) is 0 Å². The molecule has 2 aliphatic carbocycles. The highest BCUT2D eigenvalue weighted by Crippen LogP contribution is 2.62. The van der Waals surface area contributed by atoms with Crippen LogP contribution in [-0.4, -0.2) is 27.3 Å². The van der Waals surface area contributed by atoms with Gasteiger partial charge < -0.3 is 10.1 Å². The van der Waals surface area contributed by atoms with Gasteiger partial charge in [-0.2, -0.15) is 0 Å². The molecular weight excluding hydrogens is 186 g/mol. The fraction of sp³-hybridized carbons (Fsp3) is 1.00. The molecule has 2 fully saturated rings. The molecule has 1 N–H and O–H groups in total. The summed E-state index contributed by atoms with van der Waals surface area (Å²) in [6, 6.07) is 0. The summed E-state index contributed by atoms with van der Waals surface area (Å²) < 4.78 is 5.21. The summed E-state index contributed by atoms with van der Waals surface area (Å²) in [4.78, 5) is 0. The van der Waals surface area contributed by atoms with Crippen LogP contribution in [0.2, 0.25) is 0 Å². The van der Waals surface area contributed by atoms with Crippen LogP contribution in [0.3, 0.4) is 0 Å². The number of rotatable bonds is 6. The number of nitrogens with one attached hydrogen (secondary N) is 1. The molecule has 0 aliphatic heterocycles. The zero-order chi connectivity index (χ0) is 10.9. The van der Waals surface area contributed by atoms with Crippen LogP contribution >= 0.6 is 0 Å². The van der Waals surface area contributed by atoms with Crippen molar-refractivity contribution in [3.05, 3.63) is 0 Å². The standard InChI is InChI=1S/C13H25NO/c1-10(4-5-15-3)13(9-14-2)7-11-6-12(11)8-13/h10-12,14H,4-9H2,1-3H3. The van der Waals surface area contributed by atoms with Crippen molar-refractivity contribution in [1.82, 2.24) is 5.32 Å². The van der Waals surface area contributed by atoms with E-state index in [0.29, 0.717) is 5.41 Å². The van der Waals surface area contributed by atoms with Crippen LogP contribution in [0.4, 0.5) is 0 Å². The van der Waals surface area contributed by atoms with Crippen molar-refractivity contribution in [2.45, 2.75) is 32.6 Å². The lowest BCUT2D eigenvalue weighted by atomic mass is 9.71. The SMILES string of the molecule is CNCC1(C(C)CCOC)CC2CC2C1. The van der Waals surface area contributed by atoms with E-state index in [2.05, 4.69) is 19.3 Å². The molecule has 0 aromatic carbocycles. The molecule has 15 heavy (non-hydrogen) atoms. The third-order valence-electron chi connectivity index (χ3n) is 4.74. The summed E-state index contributed by atoms with van der Waals surface area (Å²) in [5.41, 5.74) is 0.584. The minimum absolute atomic E-state index is 0.584. The Morgan fingerprint density at radius 1 is 1.40 bits per heavy atom. The second kappa shape index (κ2) is 4.42. The van der Waals surface area contributed by atoms with E-state index in [9.17, 15) is 0 Å². The maximum Gasteiger partial charge on any atom is 0.0465 e. The van der Waals surface area contributed by atoms with Crippen LogP contribution in [0.15, 0.2) is 0 Å². The van der Waals surface area contributed by atoms with Crippen molar-refractivity contribution in [2.24, 2.45) is 23.2 Å². The Balaban J connectivity index is 1.92. The van der Waals surface area contributed by atoms with Gasteiger partial charge in [-0.1, -0.05) is 6.92 Å². The molecule has 0 aromatic heterocycles. The summed E-state index contributed by atoms with van der Waals surface area (Å²) in [6.07, 6.45) is 5.66. The molecule has 0 aromatic rings. The molecule has 0 radical (unpaired) electrons. The molecule has 2 rings (SSSR count). The van der Waals surface area contributed by atoms with Gasteiger partial charge >= 0.3 is 0 Å². The fourth-order valence-corrected chi connectivity index (χ4v) is 3.61. The van der Waals surface area contributed by atoms with Gasteiger partial charge in [0.1, 0.15) is 0 Å². The first kappa shape index (κ1) is 11.4. The molecule has 0 amide bonds. The monoisotopic (exact) mass is 211 g/mol. The van der Waals surface area contributed by atoms with E-state index in [1.54, 1.807) is 0 Å². The predicted molar refractivity (Wildman–Crippen MR) is 62.8 cm³/mol. The summed E-state index contributed by atoms with van der Waals surface area (Å²) in [6.45, 7) is 4.54. The molecule has 0 spiro atoms. The summed E-state index contributed by atoms with van der Waals surface area (Å²) in [5, 5.41) is 3.41. The van der Waals surface area contributed by atoms with E-state index in [1.807, 2.05) is 7.11 Å². The van der Waals surface area contributed by atoms with E-state index >= 15 is 0 Å². The van der Waals surface area contributed by atoms with Gasteiger partial charge in [0.25, 0.3) is 0 Å². The largest absolute Gasteiger partial charge is 0.385 e. The molecule has 2 nitrogen and oxygen atoms in total. The van der Waals surface area contributed by atoms with E-state index in [1.165, 1.54) is 32.2 Å². The smallest absolute Gasteiger partial charge is 0.0465 e. The second-order valence-electron chi connectivity index (χ2n) is 5.74. The lowest BCUT2D eigenvalue weighted by molar-refractivity contribution is 0.106. The van der Waals surface area contributed by atoms with Gasteiger partial charge in [0.15, 0.2) is 0 Å². The highest BCUT2D eigenvalue weighted by Gasteiger charge is 2.54. The quantitative estimate of drug-likeness (QED) is 0.728. The average Bonchev–Trinajstić information content (AvgIpc) is 2.84. The molecule has 3 unspecified atom stereocenters. The van der Waals surface area contributed by atoms with Crippen LogP contribution < -0.4 is 5.32 Å². The van der Waals surface area contributed by atoms with Crippen LogP contribution in [0.5, 0.6) is 0 Å². The van der Waals surface area contributed by atoms with Gasteiger partial charge in [0.05, 0.1) is 0 Å². The highest BCUT2D eigenvalue weighted by atomic mass is 16.5. The van der Waals surface area contributed by atoms with Gasteiger partial charge in [-0.15, -0.1) is 0 Å². The first-order chi connectivity index (χ1) is 7.22. The van der Waals surface area contributed by atoms with Crippen molar-refractivity contribution in [3.8, 4) is 0 Å². The summed E-state index contributed by atoms with van der Waals surface area (Å²) in [7, 11) is 3.90. The van der Waals surface area contributed by atoms with Crippen LogP contribution in [0, 0.1) is 23.2 Å². The molecule has 0 heterocycles. The topological polar surface area (TPSA) is 21.3 Å². The predicted octanol–water partition coefficient (Wildman–Crippen LogP) is 2.29. The number of hydrogen-bond acceptors (Lipinski definition) is 2. The third kappa shape index (κ3) is 2.21. The highest BCUT2D eigenvalue weighted by molar-refractivity contribution is 5.05. The minimum Gasteiger partial charge on any atom is -0.385 e. The van der Waals surface area contributed by atoms with Crippen LogP contribution in [-0.2, 0) is 4.74 Å². The fourth-order valence-electron chi connectivity index (χ4n) is 3.61. The van der Waals surface area contributed by atoms with Gasteiger partial charge in [0.2, 0.25) is 0 Å². The first-order valence-electron chi connectivity index (χ1n) is 6.35. The van der Waals surface area contributed by atoms with Gasteiger partial charge in [-0.05, 0) is 55.9 Å². The van der Waals surface area contributed by atoms with Gasteiger partial charge in [0, 0.05) is 20.3 Å². The first-order valence-corrected chi connectivity index (χ1v) is 6.35. The maximum atomic E-state index is 5.21. The van der Waals surface area contributed by atoms with Crippen molar-refractivity contribution in [1.29, 1.82) is 0 Å². The molecule has 2 saturated carbocycles. The Labute approximate surface area is 93.8 Å². The molecule has 88 valence electrons. The molecule has 2 heteroatoms. The Morgan fingerprint density at radius 3 is 2.60 bits per heavy atom. The lowest BCUT2D eigenvalue weighted by Gasteiger charge is -2.37. The Hall–Kier alpha value is -0.0800. The van der Waals surface area contributed by atoms with Crippen molar-refractivity contribution < 1.29 is 4.74 Å². The molecule has 0 bridgehead atoms. The van der Waals surface area contributed by atoms with Gasteiger partial charge in [-0.25, -0.2) is 0 Å². The zero-order valence-electron chi connectivity index (χ0n) is 10.4. The summed E-state index contributed by atoms with van der Waals surface area (Å²) in [5.74, 6) is 2.95. The summed E-state index contributed by atoms with van der Waals surface area (Å²) >= 11 is 0. The van der Waals surface area contributed by atoms with E-state index in [0.717, 1.165) is 24.4 Å². The Kier molecular flexibility index (Phi) is 3.36. The molecule has 0 saturated heterocycles. The van der Waals surface area contributed by atoms with Crippen molar-refractivity contribution in [3.63, 3.8) is 0 Å². The zero-order valence-corrected chi connectivity index (χ0v) is 10.4.